The molecule has 0 aliphatic heterocycles. The van der Waals surface area contributed by atoms with Crippen LogP contribution in [0.3, 0.4) is 0 Å². The van der Waals surface area contributed by atoms with E-state index in [1.54, 1.807) is 12.1 Å². The Bertz CT molecular complexity index is 641. The van der Waals surface area contributed by atoms with Crippen molar-refractivity contribution in [3.05, 3.63) is 29.6 Å². The summed E-state index contributed by atoms with van der Waals surface area (Å²) in [4.78, 5) is 17.7. The minimum Gasteiger partial charge on any atom is -0.478 e. The first-order valence-electron chi connectivity index (χ1n) is 6.45. The maximum absolute atomic E-state index is 11.0. The van der Waals surface area contributed by atoms with Crippen LogP contribution >= 0.6 is 0 Å². The fourth-order valence-electron chi connectivity index (χ4n) is 2.42. The van der Waals surface area contributed by atoms with Gasteiger partial charge in [-0.1, -0.05) is 0 Å². The second kappa shape index (κ2) is 4.35. The second-order valence-corrected chi connectivity index (χ2v) is 5.38. The molecule has 100 valence electrons. The quantitative estimate of drug-likeness (QED) is 0.913. The summed E-state index contributed by atoms with van der Waals surface area (Å²) in [7, 11) is 4.03. The van der Waals surface area contributed by atoms with Crippen LogP contribution in [0.5, 0.6) is 0 Å². The lowest BCUT2D eigenvalue weighted by Crippen LogP contribution is -2.15. The average molecular weight is 259 g/mol. The van der Waals surface area contributed by atoms with E-state index >= 15 is 0 Å². The first-order valence-corrected chi connectivity index (χ1v) is 6.45. The van der Waals surface area contributed by atoms with Gasteiger partial charge in [-0.3, -0.25) is 0 Å². The van der Waals surface area contributed by atoms with Crippen LogP contribution in [-0.4, -0.2) is 39.6 Å². The van der Waals surface area contributed by atoms with E-state index in [1.807, 2.05) is 20.2 Å². The van der Waals surface area contributed by atoms with Gasteiger partial charge >= 0.3 is 5.97 Å². The molecule has 2 aromatic rings. The summed E-state index contributed by atoms with van der Waals surface area (Å²) in [5.74, 6) is 0.113. The van der Waals surface area contributed by atoms with E-state index in [0.29, 0.717) is 11.6 Å². The molecule has 19 heavy (non-hydrogen) atoms. The molecule has 0 radical (unpaired) electrons. The normalized spacial score (nSPS) is 15.3. The molecule has 1 saturated carbocycles. The minimum atomic E-state index is -0.906. The zero-order valence-electron chi connectivity index (χ0n) is 11.1. The standard InChI is InChI=1S/C14H17N3O2/c1-16(2)8-13-15-11-7-9(14(18)19)3-6-12(11)17(13)10-4-5-10/h3,6-7,10H,4-5,8H2,1-2H3,(H,18,19). The number of aromatic nitrogens is 2. The van der Waals surface area contributed by atoms with Crippen LogP contribution in [-0.2, 0) is 6.54 Å². The number of hydrogen-bond acceptors (Lipinski definition) is 3. The monoisotopic (exact) mass is 259 g/mol. The Hall–Kier alpha value is -1.88. The molecule has 0 saturated heterocycles. The third-order valence-corrected chi connectivity index (χ3v) is 3.38. The molecule has 1 N–H and O–H groups in total. The Labute approximate surface area is 111 Å². The van der Waals surface area contributed by atoms with Gasteiger partial charge in [-0.2, -0.15) is 0 Å². The van der Waals surface area contributed by atoms with Crippen LogP contribution in [0.25, 0.3) is 11.0 Å². The molecule has 1 aromatic carbocycles. The van der Waals surface area contributed by atoms with Crippen LogP contribution in [0.4, 0.5) is 0 Å². The Morgan fingerprint density at radius 1 is 1.47 bits per heavy atom. The van der Waals surface area contributed by atoms with Gasteiger partial charge in [0.15, 0.2) is 0 Å². The van der Waals surface area contributed by atoms with Gasteiger partial charge in [0.1, 0.15) is 5.82 Å². The van der Waals surface area contributed by atoms with Gasteiger partial charge in [0, 0.05) is 6.04 Å². The minimum absolute atomic E-state index is 0.296. The summed E-state index contributed by atoms with van der Waals surface area (Å²) in [6.45, 7) is 0.771. The number of carbonyl (C=O) groups is 1. The van der Waals surface area contributed by atoms with Crippen molar-refractivity contribution in [3.63, 3.8) is 0 Å². The molecule has 1 aromatic heterocycles. The summed E-state index contributed by atoms with van der Waals surface area (Å²) in [6.07, 6.45) is 2.37. The molecule has 1 fully saturated rings. The number of hydrogen-bond donors (Lipinski definition) is 1. The van der Waals surface area contributed by atoms with Crippen molar-refractivity contribution in [2.24, 2.45) is 0 Å². The van der Waals surface area contributed by atoms with Crippen LogP contribution in [0, 0.1) is 0 Å². The number of benzene rings is 1. The fourth-order valence-corrected chi connectivity index (χ4v) is 2.42. The summed E-state index contributed by atoms with van der Waals surface area (Å²) < 4.78 is 2.26. The summed E-state index contributed by atoms with van der Waals surface area (Å²) in [5, 5.41) is 9.04. The van der Waals surface area contributed by atoms with Crippen molar-refractivity contribution in [2.45, 2.75) is 25.4 Å². The predicted octanol–water partition coefficient (Wildman–Crippen LogP) is 2.13. The van der Waals surface area contributed by atoms with E-state index in [9.17, 15) is 4.79 Å². The molecule has 3 rings (SSSR count). The first-order chi connectivity index (χ1) is 9.06. The molecule has 0 unspecified atom stereocenters. The molecule has 1 heterocycles. The maximum atomic E-state index is 11.0. The highest BCUT2D eigenvalue weighted by Crippen LogP contribution is 2.39. The van der Waals surface area contributed by atoms with Gasteiger partial charge in [-0.15, -0.1) is 0 Å². The summed E-state index contributed by atoms with van der Waals surface area (Å²) >= 11 is 0. The molecular weight excluding hydrogens is 242 g/mol. The molecule has 1 aliphatic rings. The lowest BCUT2D eigenvalue weighted by Gasteiger charge is -2.11. The zero-order chi connectivity index (χ0) is 13.6. The molecule has 0 bridgehead atoms. The van der Waals surface area contributed by atoms with Crippen molar-refractivity contribution in [1.29, 1.82) is 0 Å². The molecule has 1 aliphatic carbocycles. The van der Waals surface area contributed by atoms with Crippen molar-refractivity contribution in [3.8, 4) is 0 Å². The van der Waals surface area contributed by atoms with Crippen molar-refractivity contribution in [2.75, 3.05) is 14.1 Å². The highest BCUT2D eigenvalue weighted by Gasteiger charge is 2.28. The molecule has 0 atom stereocenters. The van der Waals surface area contributed by atoms with Gasteiger partial charge < -0.3 is 14.6 Å². The number of aromatic carboxylic acids is 1. The third kappa shape index (κ3) is 2.21. The van der Waals surface area contributed by atoms with E-state index in [-0.39, 0.29) is 0 Å². The van der Waals surface area contributed by atoms with Gasteiger partial charge in [0.25, 0.3) is 0 Å². The van der Waals surface area contributed by atoms with E-state index in [2.05, 4.69) is 14.5 Å². The van der Waals surface area contributed by atoms with Crippen LogP contribution in [0.1, 0.15) is 35.1 Å². The number of carboxylic acid groups (broad SMARTS) is 1. The van der Waals surface area contributed by atoms with E-state index in [4.69, 9.17) is 5.11 Å². The average Bonchev–Trinajstić information content (AvgIpc) is 3.09. The van der Waals surface area contributed by atoms with Gasteiger partial charge in [-0.25, -0.2) is 9.78 Å². The van der Waals surface area contributed by atoms with Crippen LogP contribution in [0.2, 0.25) is 0 Å². The largest absolute Gasteiger partial charge is 0.478 e. The Morgan fingerprint density at radius 3 is 2.79 bits per heavy atom. The maximum Gasteiger partial charge on any atom is 0.335 e. The number of nitrogens with zero attached hydrogens (tertiary/aromatic N) is 3. The fraction of sp³-hybridized carbons (Fsp3) is 0.429. The summed E-state index contributed by atoms with van der Waals surface area (Å²) in [5.41, 5.74) is 2.12. The lowest BCUT2D eigenvalue weighted by molar-refractivity contribution is 0.0697. The Balaban J connectivity index is 2.14. The topological polar surface area (TPSA) is 58.4 Å². The Kier molecular flexibility index (Phi) is 2.78. The number of fused-ring (bicyclic) bond motifs is 1. The smallest absolute Gasteiger partial charge is 0.335 e. The molecule has 5 nitrogen and oxygen atoms in total. The van der Waals surface area contributed by atoms with Crippen LogP contribution in [0.15, 0.2) is 18.2 Å². The third-order valence-electron chi connectivity index (χ3n) is 3.38. The predicted molar refractivity (Wildman–Crippen MR) is 72.4 cm³/mol. The molecule has 0 spiro atoms. The van der Waals surface area contributed by atoms with Crippen LogP contribution < -0.4 is 0 Å². The van der Waals surface area contributed by atoms with Gasteiger partial charge in [0.2, 0.25) is 0 Å². The van der Waals surface area contributed by atoms with Crippen molar-refractivity contribution < 1.29 is 9.90 Å². The molecule has 0 amide bonds. The van der Waals surface area contributed by atoms with Gasteiger partial charge in [0.05, 0.1) is 23.1 Å². The van der Waals surface area contributed by atoms with Crippen molar-refractivity contribution >= 4 is 17.0 Å². The van der Waals surface area contributed by atoms with Gasteiger partial charge in [-0.05, 0) is 45.1 Å². The van der Waals surface area contributed by atoms with E-state index < -0.39 is 5.97 Å². The lowest BCUT2D eigenvalue weighted by atomic mass is 10.2. The van der Waals surface area contributed by atoms with E-state index in [1.165, 1.54) is 12.8 Å². The first kappa shape index (κ1) is 12.2. The summed E-state index contributed by atoms with van der Waals surface area (Å²) in [6, 6.07) is 5.74. The number of carboxylic acids is 1. The highest BCUT2D eigenvalue weighted by atomic mass is 16.4. The van der Waals surface area contributed by atoms with E-state index in [0.717, 1.165) is 23.4 Å². The highest BCUT2D eigenvalue weighted by molar-refractivity contribution is 5.92. The SMILES string of the molecule is CN(C)Cc1nc2cc(C(=O)O)ccc2n1C1CC1. The number of rotatable bonds is 4. The zero-order valence-corrected chi connectivity index (χ0v) is 11.1. The Morgan fingerprint density at radius 2 is 2.21 bits per heavy atom. The number of imidazole rings is 1. The molecular formula is C14H17N3O2. The molecule has 5 heteroatoms. The second-order valence-electron chi connectivity index (χ2n) is 5.38. The van der Waals surface area contributed by atoms with Crippen molar-refractivity contribution in [1.82, 2.24) is 14.5 Å².